The maximum absolute atomic E-state index is 11.7. The van der Waals surface area contributed by atoms with Crippen LogP contribution in [0.15, 0.2) is 23.4 Å². The molecule has 0 fully saturated rings. The first-order valence-electron chi connectivity index (χ1n) is 4.13. The summed E-state index contributed by atoms with van der Waals surface area (Å²) >= 11 is 0. The van der Waals surface area contributed by atoms with Gasteiger partial charge in [0.15, 0.2) is 5.03 Å². The fraction of sp³-hybridized carbons (Fsp3) is 0.375. The fourth-order valence-electron chi connectivity index (χ4n) is 0.882. The average Bonchev–Trinajstić information content (AvgIpc) is 2.16. The zero-order chi connectivity index (χ0) is 12.2. The van der Waals surface area contributed by atoms with Gasteiger partial charge in [-0.15, -0.1) is 0 Å². The fourth-order valence-corrected chi connectivity index (χ4v) is 1.74. The second-order valence-corrected chi connectivity index (χ2v) is 4.14. The lowest BCUT2D eigenvalue weighted by Gasteiger charge is -2.07. The normalized spacial score (nSPS) is 13.7. The van der Waals surface area contributed by atoms with Crippen molar-refractivity contribution in [3.63, 3.8) is 0 Å². The highest BCUT2D eigenvalue weighted by Gasteiger charge is 2.27. The van der Waals surface area contributed by atoms with Crippen LogP contribution in [0.1, 0.15) is 0 Å². The Labute approximate surface area is 92.1 Å². The Morgan fingerprint density at radius 1 is 1.50 bits per heavy atom. The van der Waals surface area contributed by atoms with E-state index in [2.05, 4.69) is 9.72 Å². The minimum absolute atomic E-state index is 0.0321. The number of halogens is 3. The predicted octanol–water partition coefficient (Wildman–Crippen LogP) is 1.31. The second-order valence-electron chi connectivity index (χ2n) is 2.82. The summed E-state index contributed by atoms with van der Waals surface area (Å²) in [6.45, 7) is -1.44. The van der Waals surface area contributed by atoms with Gasteiger partial charge in [0.2, 0.25) is 0 Å². The van der Waals surface area contributed by atoms with Crippen LogP contribution in [0.5, 0.6) is 0 Å². The van der Waals surface area contributed by atoms with Crippen molar-refractivity contribution in [2.75, 3.05) is 18.3 Å². The summed E-state index contributed by atoms with van der Waals surface area (Å²) in [6, 6.07) is 3.00. The molecule has 0 radical (unpaired) electrons. The number of rotatable bonds is 4. The lowest BCUT2D eigenvalue weighted by molar-refractivity contribution is -0.169. The van der Waals surface area contributed by atoms with E-state index in [0.717, 1.165) is 0 Å². The molecule has 1 aromatic rings. The van der Waals surface area contributed by atoms with E-state index in [0.29, 0.717) is 0 Å². The number of nitrogens with zero attached hydrogens (tertiary/aromatic N) is 1. The van der Waals surface area contributed by atoms with Crippen LogP contribution >= 0.6 is 0 Å². The molecule has 0 saturated heterocycles. The van der Waals surface area contributed by atoms with Gasteiger partial charge in [-0.2, -0.15) is 13.2 Å². The quantitative estimate of drug-likeness (QED) is 0.879. The molecule has 0 aliphatic carbocycles. The van der Waals surface area contributed by atoms with Crippen LogP contribution < -0.4 is 5.73 Å². The second kappa shape index (κ2) is 5.26. The van der Waals surface area contributed by atoms with Gasteiger partial charge in [-0.1, -0.05) is 0 Å². The van der Waals surface area contributed by atoms with Crippen LogP contribution in [-0.2, 0) is 15.5 Å². The number of nitrogens with two attached hydrogens (primary N) is 1. The maximum Gasteiger partial charge on any atom is 0.411 e. The van der Waals surface area contributed by atoms with Crippen molar-refractivity contribution in [1.82, 2.24) is 4.98 Å². The molecule has 90 valence electrons. The van der Waals surface area contributed by atoms with Crippen molar-refractivity contribution in [2.24, 2.45) is 0 Å². The van der Waals surface area contributed by atoms with Gasteiger partial charge >= 0.3 is 6.18 Å². The van der Waals surface area contributed by atoms with Gasteiger partial charge in [0, 0.05) is 6.20 Å². The summed E-state index contributed by atoms with van der Waals surface area (Å²) in [5.74, 6) is -0.583. The van der Waals surface area contributed by atoms with E-state index in [1.807, 2.05) is 0 Å². The van der Waals surface area contributed by atoms with E-state index in [-0.39, 0.29) is 10.7 Å². The largest absolute Gasteiger partial charge is 0.411 e. The summed E-state index contributed by atoms with van der Waals surface area (Å²) < 4.78 is 50.8. The average molecular weight is 254 g/mol. The molecule has 0 aliphatic heterocycles. The third kappa shape index (κ3) is 4.15. The Kier molecular flexibility index (Phi) is 4.25. The number of pyridine rings is 1. The molecule has 2 N–H and O–H groups in total. The van der Waals surface area contributed by atoms with E-state index in [1.54, 1.807) is 0 Å². The van der Waals surface area contributed by atoms with E-state index >= 15 is 0 Å². The molecule has 4 nitrogen and oxygen atoms in total. The van der Waals surface area contributed by atoms with Crippen molar-refractivity contribution in [1.29, 1.82) is 0 Å². The van der Waals surface area contributed by atoms with Gasteiger partial charge in [-0.3, -0.25) is 4.21 Å². The number of hydrogen-bond donors (Lipinski definition) is 1. The minimum atomic E-state index is -4.43. The van der Waals surface area contributed by atoms with Gasteiger partial charge in [0.05, 0.1) is 5.69 Å². The summed E-state index contributed by atoms with van der Waals surface area (Å²) in [5.41, 5.74) is 5.61. The van der Waals surface area contributed by atoms with Crippen molar-refractivity contribution < 1.29 is 22.1 Å². The molecule has 0 saturated carbocycles. The lowest BCUT2D eigenvalue weighted by atomic mass is 10.4. The summed E-state index contributed by atoms with van der Waals surface area (Å²) in [6.07, 6.45) is -3.08. The van der Waals surface area contributed by atoms with Crippen molar-refractivity contribution in [2.45, 2.75) is 11.2 Å². The molecule has 1 aromatic heterocycles. The Balaban J connectivity index is 2.51. The van der Waals surface area contributed by atoms with Crippen molar-refractivity contribution in [3.05, 3.63) is 18.3 Å². The molecule has 1 rings (SSSR count). The standard InChI is InChI=1S/C8H9F3N2O2S/c9-8(10,11)4-15-5-16(14)7-6(12)2-1-3-13-7/h1-3H,4-5,12H2. The molecule has 1 atom stereocenters. The third-order valence-corrected chi connectivity index (χ3v) is 2.63. The molecule has 0 bridgehead atoms. The first-order chi connectivity index (χ1) is 7.40. The van der Waals surface area contributed by atoms with E-state index in [4.69, 9.17) is 5.73 Å². The van der Waals surface area contributed by atoms with Gasteiger partial charge in [0.1, 0.15) is 23.3 Å². The highest BCUT2D eigenvalue weighted by molar-refractivity contribution is 7.84. The van der Waals surface area contributed by atoms with E-state index < -0.39 is 29.5 Å². The van der Waals surface area contributed by atoms with Crippen molar-refractivity contribution in [3.8, 4) is 0 Å². The molecule has 16 heavy (non-hydrogen) atoms. The molecule has 8 heteroatoms. The van der Waals surface area contributed by atoms with Crippen LogP contribution in [0.4, 0.5) is 18.9 Å². The molecule has 0 aliphatic rings. The number of aromatic nitrogens is 1. The van der Waals surface area contributed by atoms with Gasteiger partial charge in [0.25, 0.3) is 0 Å². The number of anilines is 1. The summed E-state index contributed by atoms with van der Waals surface area (Å²) in [4.78, 5) is 3.71. The van der Waals surface area contributed by atoms with Crippen LogP contribution in [0.25, 0.3) is 0 Å². The van der Waals surface area contributed by atoms with E-state index in [1.165, 1.54) is 18.3 Å². The van der Waals surface area contributed by atoms with Crippen LogP contribution in [-0.4, -0.2) is 27.9 Å². The number of hydrogen-bond acceptors (Lipinski definition) is 4. The number of nitrogen functional groups attached to an aromatic ring is 1. The van der Waals surface area contributed by atoms with Gasteiger partial charge < -0.3 is 10.5 Å². The topological polar surface area (TPSA) is 65.2 Å². The lowest BCUT2D eigenvalue weighted by Crippen LogP contribution is -2.19. The predicted molar refractivity (Wildman–Crippen MR) is 51.9 cm³/mol. The number of alkyl halides is 3. The third-order valence-electron chi connectivity index (χ3n) is 1.47. The van der Waals surface area contributed by atoms with E-state index in [9.17, 15) is 17.4 Å². The monoisotopic (exact) mass is 254 g/mol. The Hall–Kier alpha value is -1.15. The minimum Gasteiger partial charge on any atom is -0.396 e. The Morgan fingerprint density at radius 3 is 2.75 bits per heavy atom. The molecule has 0 spiro atoms. The first-order valence-corrected chi connectivity index (χ1v) is 5.45. The summed E-state index contributed by atoms with van der Waals surface area (Å²) in [5, 5.41) is 0.0321. The van der Waals surface area contributed by atoms with Crippen molar-refractivity contribution >= 4 is 16.5 Å². The summed E-state index contributed by atoms with van der Waals surface area (Å²) in [7, 11) is -1.79. The molecule has 0 amide bonds. The highest BCUT2D eigenvalue weighted by Crippen LogP contribution is 2.16. The van der Waals surface area contributed by atoms with Crippen LogP contribution in [0.2, 0.25) is 0 Å². The SMILES string of the molecule is Nc1cccnc1S(=O)COCC(F)(F)F. The molecule has 1 unspecified atom stereocenters. The maximum atomic E-state index is 11.7. The Bertz CT molecular complexity index is 384. The first kappa shape index (κ1) is 12.9. The molecule has 0 aromatic carbocycles. The smallest absolute Gasteiger partial charge is 0.396 e. The van der Waals surface area contributed by atoms with Crippen LogP contribution in [0.3, 0.4) is 0 Å². The van der Waals surface area contributed by atoms with Gasteiger partial charge in [-0.25, -0.2) is 4.98 Å². The molecule has 1 heterocycles. The molecular formula is C8H9F3N2O2S. The Morgan fingerprint density at radius 2 is 2.19 bits per heavy atom. The highest BCUT2D eigenvalue weighted by atomic mass is 32.2. The zero-order valence-corrected chi connectivity index (χ0v) is 8.85. The number of ether oxygens (including phenoxy) is 1. The van der Waals surface area contributed by atoms with Gasteiger partial charge in [-0.05, 0) is 12.1 Å². The zero-order valence-electron chi connectivity index (χ0n) is 8.03. The van der Waals surface area contributed by atoms with Crippen LogP contribution in [0, 0.1) is 0 Å². The molecular weight excluding hydrogens is 245 g/mol.